The van der Waals surface area contributed by atoms with Gasteiger partial charge >= 0.3 is 0 Å². The number of aliphatic hydroxyl groups is 1. The number of aliphatic carboxylic acids is 1. The fourth-order valence-corrected chi connectivity index (χ4v) is 8.44. The predicted molar refractivity (Wildman–Crippen MR) is 115 cm³/mol. The van der Waals surface area contributed by atoms with Crippen LogP contribution in [0, 0.1) is 28.6 Å². The molecule has 0 amide bonds. The lowest BCUT2D eigenvalue weighted by Gasteiger charge is -2.60. The molecule has 31 heavy (non-hydrogen) atoms. The molecule has 2 spiro atoms. The molecular weight excluding hydrogens is 396 g/mol. The lowest BCUT2D eigenvalue weighted by Crippen LogP contribution is -3.19. The van der Waals surface area contributed by atoms with Gasteiger partial charge in [0, 0.05) is 37.0 Å². The van der Waals surface area contributed by atoms with Crippen LogP contribution in [0.2, 0.25) is 0 Å². The number of carbonyl (C=O) groups is 1. The van der Waals surface area contributed by atoms with Gasteiger partial charge in [-0.1, -0.05) is 12.5 Å². The fraction of sp³-hybridized carbons (Fsp3) is 0.826. The monoisotopic (exact) mass is 434 g/mol. The number of carboxylic acids is 1. The van der Waals surface area contributed by atoms with Crippen molar-refractivity contribution < 1.29 is 24.6 Å². The van der Waals surface area contributed by atoms with Gasteiger partial charge in [-0.05, 0) is 57.0 Å². The van der Waals surface area contributed by atoms with Gasteiger partial charge in [0.25, 0.3) is 5.96 Å². The predicted octanol–water partition coefficient (Wildman–Crippen LogP) is -1.69. The molecule has 0 aromatic rings. The van der Waals surface area contributed by atoms with Crippen molar-refractivity contribution in [3.63, 3.8) is 0 Å². The molecule has 1 unspecified atom stereocenters. The number of nitrogens with one attached hydrogen (secondary N) is 2. The second-order valence-electron chi connectivity index (χ2n) is 10.4. The number of piperidine rings is 1. The van der Waals surface area contributed by atoms with Crippen molar-refractivity contribution in [2.75, 3.05) is 47.4 Å². The van der Waals surface area contributed by atoms with Gasteiger partial charge in [-0.3, -0.25) is 4.90 Å². The Balaban J connectivity index is 1.95. The first-order chi connectivity index (χ1) is 14.7. The van der Waals surface area contributed by atoms with Gasteiger partial charge < -0.3 is 30.8 Å². The molecule has 1 aliphatic heterocycles. The van der Waals surface area contributed by atoms with Crippen molar-refractivity contribution in [1.82, 2.24) is 5.32 Å². The molecule has 1 heterocycles. The van der Waals surface area contributed by atoms with Gasteiger partial charge in [0.15, 0.2) is 0 Å². The first kappa shape index (κ1) is 22.7. The molecule has 1 saturated heterocycles. The van der Waals surface area contributed by atoms with Crippen LogP contribution >= 0.6 is 0 Å². The highest BCUT2D eigenvalue weighted by Gasteiger charge is 2.75. The van der Waals surface area contributed by atoms with Crippen LogP contribution in [0.4, 0.5) is 0 Å². The molecule has 7 atom stereocenters. The molecule has 2 saturated carbocycles. The highest BCUT2D eigenvalue weighted by molar-refractivity contribution is 5.90. The molecule has 174 valence electrons. The molecule has 0 aromatic carbocycles. The molecule has 0 radical (unpaired) electrons. The standard InChI is InChI=1S/C23H38N4O4/c1-14-5-6-15-9-17-18(19(28)29)21(30,13-31-4)11-22(14,17)23(15)12-27(20(24)26-3)8-7-16(23)10-25-2/h14-16,25,30H,5-13H2,1-4H3,(H2,24,26)(H,28,29)/t14-,15-,16-,21+,22+,23-/m1/s1. The van der Waals surface area contributed by atoms with Gasteiger partial charge in [0.2, 0.25) is 0 Å². The number of rotatable bonds is 5. The summed E-state index contributed by atoms with van der Waals surface area (Å²) in [7, 11) is 5.23. The summed E-state index contributed by atoms with van der Waals surface area (Å²) >= 11 is 0. The number of likely N-dealkylation sites (tertiary alicyclic amines) is 1. The number of hydrogen-bond donors (Lipinski definition) is 4. The summed E-state index contributed by atoms with van der Waals surface area (Å²) in [6, 6.07) is 0. The number of nitrogens with zero attached hydrogens (tertiary/aromatic N) is 1. The zero-order chi connectivity index (χ0) is 22.6. The van der Waals surface area contributed by atoms with Crippen LogP contribution < -0.4 is 21.1 Å². The largest absolute Gasteiger partial charge is 0.545 e. The number of quaternary nitrogens is 1. The summed E-state index contributed by atoms with van der Waals surface area (Å²) in [6.07, 6.45) is 4.22. The number of guanidine groups is 1. The minimum atomic E-state index is -1.52. The first-order valence-electron chi connectivity index (χ1n) is 11.6. The molecule has 5 N–H and O–H groups in total. The van der Waals surface area contributed by atoms with E-state index in [2.05, 4.69) is 17.2 Å². The van der Waals surface area contributed by atoms with E-state index in [0.717, 1.165) is 50.9 Å². The van der Waals surface area contributed by atoms with Crippen LogP contribution in [0.5, 0.6) is 0 Å². The van der Waals surface area contributed by atoms with Gasteiger partial charge in [-0.25, -0.2) is 4.99 Å². The minimum Gasteiger partial charge on any atom is -0.545 e. The van der Waals surface area contributed by atoms with Crippen LogP contribution in [0.3, 0.4) is 0 Å². The molecule has 4 rings (SSSR count). The van der Waals surface area contributed by atoms with E-state index in [0.29, 0.717) is 24.2 Å². The smallest absolute Gasteiger partial charge is 0.293 e. The van der Waals surface area contributed by atoms with Crippen LogP contribution in [0.15, 0.2) is 16.1 Å². The number of ether oxygens (including phenoxy) is 1. The fourth-order valence-electron chi connectivity index (χ4n) is 8.44. The van der Waals surface area contributed by atoms with Gasteiger partial charge in [-0.2, -0.15) is 0 Å². The number of carbonyl (C=O) groups excluding carboxylic acids is 1. The second-order valence-corrected chi connectivity index (χ2v) is 10.4. The van der Waals surface area contributed by atoms with E-state index in [1.807, 2.05) is 7.05 Å². The molecule has 8 nitrogen and oxygen atoms in total. The maximum atomic E-state index is 12.4. The van der Waals surface area contributed by atoms with Crippen molar-refractivity contribution in [2.45, 2.75) is 44.6 Å². The lowest BCUT2D eigenvalue weighted by molar-refractivity contribution is -0.828. The molecule has 0 aromatic heterocycles. The number of allylic oxidation sites excluding steroid dienone is 1. The van der Waals surface area contributed by atoms with E-state index in [9.17, 15) is 15.0 Å². The number of hydrogen-bond acceptors (Lipinski definition) is 6. The summed E-state index contributed by atoms with van der Waals surface area (Å²) in [5.41, 5.74) is 5.30. The Morgan fingerprint density at radius 2 is 2.16 bits per heavy atom. The number of carboxylic acid groups (broad SMARTS) is 1. The average molecular weight is 435 g/mol. The summed E-state index contributed by atoms with van der Waals surface area (Å²) in [5.74, 6) is 0.385. The SMILES string of the molecule is CN=C(N)[NH+]1CC[C@H](CNC)[C@@]2(C1)[C@@H]1CC[C@@H](C)[C@]23C[C@](O)(COC)C(C(=O)[O-])=C3C1. The summed E-state index contributed by atoms with van der Waals surface area (Å²) < 4.78 is 5.34. The minimum absolute atomic E-state index is 0.0269. The molecule has 3 aliphatic carbocycles. The third-order valence-corrected chi connectivity index (χ3v) is 9.35. The number of nitrogens with two attached hydrogens (primary N) is 1. The van der Waals surface area contributed by atoms with E-state index in [-0.39, 0.29) is 28.9 Å². The van der Waals surface area contributed by atoms with Gasteiger partial charge in [0.05, 0.1) is 25.7 Å². The van der Waals surface area contributed by atoms with Crippen LogP contribution in [0.1, 0.15) is 39.0 Å². The van der Waals surface area contributed by atoms with Crippen molar-refractivity contribution >= 4 is 11.9 Å². The van der Waals surface area contributed by atoms with E-state index < -0.39 is 11.6 Å². The van der Waals surface area contributed by atoms with Crippen molar-refractivity contribution in [1.29, 1.82) is 0 Å². The second kappa shape index (κ2) is 7.83. The zero-order valence-electron chi connectivity index (χ0n) is 19.3. The van der Waals surface area contributed by atoms with Gasteiger partial charge in [0.1, 0.15) is 5.60 Å². The Bertz CT molecular complexity index is 813. The topological polar surface area (TPSA) is 124 Å². The molecular formula is C23H38N4O4. The summed E-state index contributed by atoms with van der Waals surface area (Å²) in [5, 5.41) is 27.4. The molecule has 2 bridgehead atoms. The Morgan fingerprint density at radius 1 is 1.42 bits per heavy atom. The van der Waals surface area contributed by atoms with E-state index in [1.54, 1.807) is 7.05 Å². The maximum Gasteiger partial charge on any atom is 0.293 e. The number of aliphatic imine (C=N–C) groups is 1. The molecule has 8 heteroatoms. The van der Waals surface area contributed by atoms with Gasteiger partial charge in [-0.15, -0.1) is 0 Å². The van der Waals surface area contributed by atoms with Crippen LogP contribution in [-0.2, 0) is 9.53 Å². The number of methoxy groups -OCH3 is 1. The third kappa shape index (κ3) is 2.88. The molecule has 3 fully saturated rings. The molecule has 4 aliphatic rings. The van der Waals surface area contributed by atoms with E-state index >= 15 is 0 Å². The summed E-state index contributed by atoms with van der Waals surface area (Å²) in [6.45, 7) is 4.84. The Labute approximate surface area is 184 Å². The Kier molecular flexibility index (Phi) is 5.74. The highest BCUT2D eigenvalue weighted by Crippen LogP contribution is 2.76. The zero-order valence-corrected chi connectivity index (χ0v) is 19.3. The van der Waals surface area contributed by atoms with Crippen molar-refractivity contribution in [3.05, 3.63) is 11.1 Å². The Morgan fingerprint density at radius 3 is 2.77 bits per heavy atom. The lowest BCUT2D eigenvalue weighted by atomic mass is 9.45. The highest BCUT2D eigenvalue weighted by atomic mass is 16.5. The summed E-state index contributed by atoms with van der Waals surface area (Å²) in [4.78, 5) is 17.9. The maximum absolute atomic E-state index is 12.4. The van der Waals surface area contributed by atoms with E-state index in [4.69, 9.17) is 10.5 Å². The quantitative estimate of drug-likeness (QED) is 0.302. The van der Waals surface area contributed by atoms with Crippen molar-refractivity contribution in [3.8, 4) is 0 Å². The first-order valence-corrected chi connectivity index (χ1v) is 11.6. The van der Waals surface area contributed by atoms with Crippen molar-refractivity contribution in [2.24, 2.45) is 39.3 Å². The normalized spacial score (nSPS) is 44.7. The van der Waals surface area contributed by atoms with Crippen LogP contribution in [-0.4, -0.2) is 70.1 Å². The Hall–Kier alpha value is -1.48. The van der Waals surface area contributed by atoms with Crippen LogP contribution in [0.25, 0.3) is 0 Å². The average Bonchev–Trinajstić information content (AvgIpc) is 3.06. The third-order valence-electron chi connectivity index (χ3n) is 9.35. The van der Waals surface area contributed by atoms with E-state index in [1.165, 1.54) is 12.0 Å².